The number of hydrogen-bond acceptors (Lipinski definition) is 2. The molecule has 32 heavy (non-hydrogen) atoms. The molecule has 0 saturated carbocycles. The molecule has 2 nitrogen and oxygen atoms in total. The van der Waals surface area contributed by atoms with Crippen LogP contribution >= 0.6 is 0 Å². The summed E-state index contributed by atoms with van der Waals surface area (Å²) in [7, 11) is 0. The van der Waals surface area contributed by atoms with Crippen LogP contribution in [0.25, 0.3) is 0 Å². The van der Waals surface area contributed by atoms with Crippen molar-refractivity contribution in [3.8, 4) is 0 Å². The lowest BCUT2D eigenvalue weighted by Gasteiger charge is -2.33. The van der Waals surface area contributed by atoms with Crippen molar-refractivity contribution in [3.05, 3.63) is 0 Å². The van der Waals surface area contributed by atoms with E-state index >= 15 is 0 Å². The van der Waals surface area contributed by atoms with Crippen LogP contribution in [0, 0.1) is 0 Å². The molecule has 0 radical (unpaired) electrons. The summed E-state index contributed by atoms with van der Waals surface area (Å²) in [5.74, 6) is -18.7. The summed E-state index contributed by atoms with van der Waals surface area (Å²) in [5.41, 5.74) is 0. The van der Waals surface area contributed by atoms with E-state index in [0.29, 0.717) is 32.2 Å². The van der Waals surface area contributed by atoms with Crippen LogP contribution in [0.5, 0.6) is 0 Å². The maximum absolute atomic E-state index is 13.4. The summed E-state index contributed by atoms with van der Waals surface area (Å²) in [5, 5.41) is 0. The van der Waals surface area contributed by atoms with Crippen LogP contribution < -0.4 is 0 Å². The van der Waals surface area contributed by atoms with Crippen LogP contribution in [0.2, 0.25) is 0 Å². The predicted molar refractivity (Wildman–Crippen MR) is 101 cm³/mol. The molecule has 1 heterocycles. The second-order valence-corrected chi connectivity index (χ2v) is 8.32. The highest BCUT2D eigenvalue weighted by molar-refractivity contribution is 5.00. The molecule has 0 amide bonds. The van der Waals surface area contributed by atoms with Crippen molar-refractivity contribution >= 4 is 0 Å². The van der Waals surface area contributed by atoms with Gasteiger partial charge < -0.3 is 9.47 Å². The lowest BCUT2D eigenvalue weighted by atomic mass is 9.97. The highest BCUT2D eigenvalue weighted by atomic mass is 19.4. The molecule has 1 unspecified atom stereocenters. The van der Waals surface area contributed by atoms with Gasteiger partial charge in [0.1, 0.15) is 0 Å². The van der Waals surface area contributed by atoms with Crippen LogP contribution in [0.1, 0.15) is 83.5 Å². The van der Waals surface area contributed by atoms with Gasteiger partial charge in [-0.25, -0.2) is 0 Å². The fraction of sp³-hybridized carbons (Fsp3) is 1.00. The fourth-order valence-electron chi connectivity index (χ4n) is 3.54. The SMILES string of the molecule is FC(F)(F)C(F)(F)C(F)(F)C(F)(F)CCCCCCCCCCCOCCC1CCCO1. The van der Waals surface area contributed by atoms with E-state index in [1.165, 1.54) is 0 Å². The molecule has 0 bridgehead atoms. The first-order valence-corrected chi connectivity index (χ1v) is 11.2. The highest BCUT2D eigenvalue weighted by Crippen LogP contribution is 2.54. The summed E-state index contributed by atoms with van der Waals surface area (Å²) in [6.45, 7) is 2.19. The van der Waals surface area contributed by atoms with Gasteiger partial charge in [-0.2, -0.15) is 39.5 Å². The third kappa shape index (κ3) is 8.91. The van der Waals surface area contributed by atoms with Gasteiger partial charge in [0.25, 0.3) is 0 Å². The number of rotatable bonds is 17. The van der Waals surface area contributed by atoms with Crippen molar-refractivity contribution in [2.45, 2.75) is 114 Å². The van der Waals surface area contributed by atoms with Gasteiger partial charge in [0.05, 0.1) is 6.10 Å². The molecule has 192 valence electrons. The first-order valence-electron chi connectivity index (χ1n) is 11.2. The molecule has 1 aliphatic rings. The lowest BCUT2D eigenvalue weighted by Crippen LogP contribution is -2.60. The molecule has 0 spiro atoms. The molecule has 1 aliphatic heterocycles. The Hall–Kier alpha value is -0.710. The molecule has 11 heteroatoms. The number of hydrogen-bond donors (Lipinski definition) is 0. The summed E-state index contributed by atoms with van der Waals surface area (Å²) in [6, 6.07) is 0. The Morgan fingerprint density at radius 2 is 1.19 bits per heavy atom. The van der Waals surface area contributed by atoms with E-state index in [0.717, 1.165) is 58.0 Å². The molecule has 1 fully saturated rings. The minimum atomic E-state index is -6.79. The van der Waals surface area contributed by atoms with Crippen LogP contribution in [0.15, 0.2) is 0 Å². The molecule has 1 rings (SSSR count). The van der Waals surface area contributed by atoms with E-state index in [9.17, 15) is 39.5 Å². The van der Waals surface area contributed by atoms with E-state index in [1.54, 1.807) is 0 Å². The Bertz CT molecular complexity index is 504. The number of halogens is 9. The minimum absolute atomic E-state index is 0.0573. The van der Waals surface area contributed by atoms with Crippen molar-refractivity contribution in [2.24, 2.45) is 0 Å². The van der Waals surface area contributed by atoms with Crippen LogP contribution in [0.3, 0.4) is 0 Å². The van der Waals surface area contributed by atoms with Gasteiger partial charge in [0.2, 0.25) is 0 Å². The first kappa shape index (κ1) is 29.3. The van der Waals surface area contributed by atoms with Gasteiger partial charge >= 0.3 is 23.9 Å². The molecule has 1 saturated heterocycles. The quantitative estimate of drug-likeness (QED) is 0.153. The molecule has 0 aromatic carbocycles. The highest BCUT2D eigenvalue weighted by Gasteiger charge is 2.81. The Labute approximate surface area is 183 Å². The largest absolute Gasteiger partial charge is 0.460 e. The lowest BCUT2D eigenvalue weighted by molar-refractivity contribution is -0.396. The fourth-order valence-corrected chi connectivity index (χ4v) is 3.54. The molecule has 0 N–H and O–H groups in total. The van der Waals surface area contributed by atoms with Gasteiger partial charge in [-0.15, -0.1) is 0 Å². The van der Waals surface area contributed by atoms with E-state index in [4.69, 9.17) is 9.47 Å². The van der Waals surface area contributed by atoms with Crippen LogP contribution in [-0.4, -0.2) is 49.9 Å². The molecule has 0 aliphatic carbocycles. The topological polar surface area (TPSA) is 18.5 Å². The monoisotopic (exact) mass is 488 g/mol. The molecular weight excluding hydrogens is 455 g/mol. The van der Waals surface area contributed by atoms with Crippen molar-refractivity contribution in [3.63, 3.8) is 0 Å². The Balaban J connectivity index is 2.01. The second kappa shape index (κ2) is 13.2. The third-order valence-electron chi connectivity index (χ3n) is 5.60. The summed E-state index contributed by atoms with van der Waals surface area (Å²) in [6.07, 6.45) is 0.102. The number of ether oxygens (including phenoxy) is 2. The predicted octanol–water partition coefficient (Wildman–Crippen LogP) is 7.94. The Morgan fingerprint density at radius 1 is 0.656 bits per heavy atom. The average molecular weight is 488 g/mol. The number of alkyl halides is 9. The number of unbranched alkanes of at least 4 members (excludes halogenated alkanes) is 8. The van der Waals surface area contributed by atoms with E-state index in [1.807, 2.05) is 0 Å². The maximum Gasteiger partial charge on any atom is 0.460 e. The Morgan fingerprint density at radius 3 is 1.69 bits per heavy atom. The molecule has 0 aromatic heterocycles. The second-order valence-electron chi connectivity index (χ2n) is 8.32. The van der Waals surface area contributed by atoms with E-state index in [2.05, 4.69) is 0 Å². The third-order valence-corrected chi connectivity index (χ3v) is 5.60. The smallest absolute Gasteiger partial charge is 0.381 e. The summed E-state index contributed by atoms with van der Waals surface area (Å²) >= 11 is 0. The van der Waals surface area contributed by atoms with Gasteiger partial charge in [-0.05, 0) is 32.1 Å². The van der Waals surface area contributed by atoms with Crippen molar-refractivity contribution in [1.29, 1.82) is 0 Å². The first-order chi connectivity index (χ1) is 14.8. The van der Waals surface area contributed by atoms with Crippen molar-refractivity contribution < 1.29 is 49.0 Å². The van der Waals surface area contributed by atoms with Crippen molar-refractivity contribution in [2.75, 3.05) is 19.8 Å². The van der Waals surface area contributed by atoms with Crippen LogP contribution in [-0.2, 0) is 9.47 Å². The van der Waals surface area contributed by atoms with Gasteiger partial charge in [-0.1, -0.05) is 44.9 Å². The molecule has 1 atom stereocenters. The van der Waals surface area contributed by atoms with Gasteiger partial charge in [0.15, 0.2) is 0 Å². The van der Waals surface area contributed by atoms with E-state index in [-0.39, 0.29) is 6.42 Å². The van der Waals surface area contributed by atoms with Gasteiger partial charge in [-0.3, -0.25) is 0 Å². The zero-order valence-corrected chi connectivity index (χ0v) is 18.1. The maximum atomic E-state index is 13.4. The summed E-state index contributed by atoms with van der Waals surface area (Å²) in [4.78, 5) is 0. The van der Waals surface area contributed by atoms with Crippen molar-refractivity contribution in [1.82, 2.24) is 0 Å². The molecule has 0 aromatic rings. The van der Waals surface area contributed by atoms with Gasteiger partial charge in [0, 0.05) is 26.2 Å². The average Bonchev–Trinajstić information content (AvgIpc) is 3.20. The standard InChI is InChI=1S/C21H33F9O2/c22-18(23,19(24,25)20(26,27)21(28,29)30)13-8-6-4-2-1-3-5-7-9-14-31-16-12-17-11-10-15-32-17/h17H,1-16H2. The molecular formula is C21H33F9O2. The summed E-state index contributed by atoms with van der Waals surface area (Å²) < 4.78 is 126. The van der Waals surface area contributed by atoms with E-state index < -0.39 is 36.8 Å². The zero-order valence-electron chi connectivity index (χ0n) is 18.1. The van der Waals surface area contributed by atoms with Crippen LogP contribution in [0.4, 0.5) is 39.5 Å². The zero-order chi connectivity index (χ0) is 24.3. The normalized spacial score (nSPS) is 18.5. The minimum Gasteiger partial charge on any atom is -0.381 e. The Kier molecular flexibility index (Phi) is 12.1.